The predicted molar refractivity (Wildman–Crippen MR) is 72.4 cm³/mol. The Morgan fingerprint density at radius 2 is 1.44 bits per heavy atom. The van der Waals surface area contributed by atoms with E-state index < -0.39 is 6.04 Å². The molecule has 0 saturated carbocycles. The van der Waals surface area contributed by atoms with Gasteiger partial charge in [0, 0.05) is 0 Å². The quantitative estimate of drug-likeness (QED) is 0.872. The Bertz CT molecular complexity index is 570. The maximum Gasteiger partial charge on any atom is 0.161 e. The molecule has 2 N–H and O–H groups in total. The molecule has 1 aliphatic rings. The Morgan fingerprint density at radius 1 is 1.00 bits per heavy atom. The van der Waals surface area contributed by atoms with Crippen LogP contribution in [0.1, 0.15) is 24.0 Å². The molecule has 18 heavy (non-hydrogen) atoms. The van der Waals surface area contributed by atoms with Crippen LogP contribution >= 0.6 is 0 Å². The van der Waals surface area contributed by atoms with E-state index in [9.17, 15) is 4.79 Å². The second kappa shape index (κ2) is 4.07. The van der Waals surface area contributed by atoms with Crippen molar-refractivity contribution in [2.24, 2.45) is 5.73 Å². The molecule has 0 aliphatic heterocycles. The summed E-state index contributed by atoms with van der Waals surface area (Å²) in [5.74, 6) is -0.107. The lowest BCUT2D eigenvalue weighted by molar-refractivity contribution is -0.120. The van der Waals surface area contributed by atoms with E-state index in [1.807, 2.05) is 36.4 Å². The van der Waals surface area contributed by atoms with E-state index in [1.54, 1.807) is 6.92 Å². The lowest BCUT2D eigenvalue weighted by Gasteiger charge is -2.14. The third kappa shape index (κ3) is 1.50. The summed E-state index contributed by atoms with van der Waals surface area (Å²) in [5, 5.41) is 0. The summed E-state index contributed by atoms with van der Waals surface area (Å²) in [5.41, 5.74) is 10.3. The van der Waals surface area contributed by atoms with Crippen molar-refractivity contribution < 1.29 is 4.79 Å². The fourth-order valence-corrected chi connectivity index (χ4v) is 2.72. The van der Waals surface area contributed by atoms with Gasteiger partial charge in [0.25, 0.3) is 0 Å². The molecule has 0 spiro atoms. The van der Waals surface area contributed by atoms with Crippen molar-refractivity contribution in [3.63, 3.8) is 0 Å². The average Bonchev–Trinajstić information content (AvgIpc) is 2.72. The minimum absolute atomic E-state index is 0.0902. The van der Waals surface area contributed by atoms with E-state index in [1.165, 1.54) is 0 Å². The summed E-state index contributed by atoms with van der Waals surface area (Å²) in [6, 6.07) is 15.7. The van der Waals surface area contributed by atoms with Gasteiger partial charge in [0.05, 0.1) is 12.0 Å². The number of nitrogens with two attached hydrogens (primary N) is 1. The largest absolute Gasteiger partial charge is 0.322 e. The number of Topliss-reactive ketones (excluding diaryl/α,β-unsaturated/α-hetero) is 1. The predicted octanol–water partition coefficient (Wildman–Crippen LogP) is 2.72. The van der Waals surface area contributed by atoms with Gasteiger partial charge < -0.3 is 5.73 Å². The highest BCUT2D eigenvalue weighted by Crippen LogP contribution is 2.45. The van der Waals surface area contributed by atoms with Gasteiger partial charge >= 0.3 is 0 Å². The zero-order valence-electron chi connectivity index (χ0n) is 10.3. The molecule has 0 amide bonds. The normalized spacial score (nSPS) is 15.0. The molecule has 0 heterocycles. The molecule has 1 unspecified atom stereocenters. The molecule has 3 rings (SSSR count). The first kappa shape index (κ1) is 11.2. The lowest BCUT2D eigenvalue weighted by Crippen LogP contribution is -2.31. The summed E-state index contributed by atoms with van der Waals surface area (Å²) in [4.78, 5) is 12.3. The zero-order valence-corrected chi connectivity index (χ0v) is 10.3. The third-order valence-corrected chi connectivity index (χ3v) is 3.57. The molecule has 2 aromatic carbocycles. The van der Waals surface area contributed by atoms with Gasteiger partial charge in [-0.25, -0.2) is 0 Å². The fraction of sp³-hybridized carbons (Fsp3) is 0.188. The molecule has 0 fully saturated rings. The van der Waals surface area contributed by atoms with Crippen molar-refractivity contribution in [1.29, 1.82) is 0 Å². The minimum Gasteiger partial charge on any atom is -0.322 e. The smallest absolute Gasteiger partial charge is 0.161 e. The Morgan fingerprint density at radius 3 is 1.89 bits per heavy atom. The van der Waals surface area contributed by atoms with Gasteiger partial charge in [-0.2, -0.15) is 0 Å². The van der Waals surface area contributed by atoms with Crippen LogP contribution in [0.4, 0.5) is 0 Å². The first-order chi connectivity index (χ1) is 8.70. The van der Waals surface area contributed by atoms with Crippen molar-refractivity contribution in [2.75, 3.05) is 0 Å². The molecule has 2 aromatic rings. The van der Waals surface area contributed by atoms with Crippen LogP contribution in [0.25, 0.3) is 11.1 Å². The van der Waals surface area contributed by atoms with E-state index in [4.69, 9.17) is 5.73 Å². The van der Waals surface area contributed by atoms with E-state index in [-0.39, 0.29) is 11.7 Å². The standard InChI is InChI=1S/C16H15NO/c1-10(17)16(18)15-13-8-4-2-6-11(13)12-7-3-5-9-14(12)15/h2-10,15H,17H2,1H3. The van der Waals surface area contributed by atoms with E-state index in [2.05, 4.69) is 12.1 Å². The maximum atomic E-state index is 12.3. The molecular formula is C16H15NO. The highest BCUT2D eigenvalue weighted by molar-refractivity contribution is 5.99. The number of hydrogen-bond acceptors (Lipinski definition) is 2. The highest BCUT2D eigenvalue weighted by atomic mass is 16.1. The van der Waals surface area contributed by atoms with E-state index in [0.717, 1.165) is 22.3 Å². The number of carbonyl (C=O) groups is 1. The average molecular weight is 237 g/mol. The van der Waals surface area contributed by atoms with E-state index in [0.29, 0.717) is 0 Å². The van der Waals surface area contributed by atoms with Crippen LogP contribution in [0.3, 0.4) is 0 Å². The van der Waals surface area contributed by atoms with Crippen LogP contribution < -0.4 is 5.73 Å². The SMILES string of the molecule is CC(N)C(=O)C1c2ccccc2-c2ccccc21. The zero-order chi connectivity index (χ0) is 12.7. The van der Waals surface area contributed by atoms with Gasteiger partial charge in [0.15, 0.2) is 5.78 Å². The van der Waals surface area contributed by atoms with Crippen molar-refractivity contribution >= 4 is 5.78 Å². The number of ketones is 1. The summed E-state index contributed by atoms with van der Waals surface area (Å²) < 4.78 is 0. The van der Waals surface area contributed by atoms with Gasteiger partial charge in [-0.3, -0.25) is 4.79 Å². The molecule has 0 bridgehead atoms. The van der Waals surface area contributed by atoms with Crippen molar-refractivity contribution in [3.05, 3.63) is 59.7 Å². The second-order valence-electron chi connectivity index (χ2n) is 4.80. The minimum atomic E-state index is -0.436. The van der Waals surface area contributed by atoms with Crippen LogP contribution in [0, 0.1) is 0 Å². The third-order valence-electron chi connectivity index (χ3n) is 3.57. The molecule has 1 aliphatic carbocycles. The first-order valence-electron chi connectivity index (χ1n) is 6.17. The fourth-order valence-electron chi connectivity index (χ4n) is 2.72. The van der Waals surface area contributed by atoms with Gasteiger partial charge in [0.1, 0.15) is 0 Å². The van der Waals surface area contributed by atoms with Crippen molar-refractivity contribution in [1.82, 2.24) is 0 Å². The summed E-state index contributed by atoms with van der Waals surface area (Å²) >= 11 is 0. The highest BCUT2D eigenvalue weighted by Gasteiger charge is 2.34. The molecule has 0 saturated heterocycles. The van der Waals surface area contributed by atoms with Crippen LogP contribution in [-0.2, 0) is 4.79 Å². The van der Waals surface area contributed by atoms with Crippen LogP contribution in [0.5, 0.6) is 0 Å². The molecule has 0 radical (unpaired) electrons. The molecule has 1 atom stereocenters. The number of rotatable bonds is 2. The molecule has 0 aromatic heterocycles. The monoisotopic (exact) mass is 237 g/mol. The first-order valence-corrected chi connectivity index (χ1v) is 6.17. The van der Waals surface area contributed by atoms with Crippen molar-refractivity contribution in [2.45, 2.75) is 18.9 Å². The number of hydrogen-bond donors (Lipinski definition) is 1. The summed E-state index contributed by atoms with van der Waals surface area (Å²) in [6.07, 6.45) is 0. The second-order valence-corrected chi connectivity index (χ2v) is 4.80. The van der Waals surface area contributed by atoms with Crippen LogP contribution in [-0.4, -0.2) is 11.8 Å². The maximum absolute atomic E-state index is 12.3. The van der Waals surface area contributed by atoms with Gasteiger partial charge in [-0.05, 0) is 29.2 Å². The van der Waals surface area contributed by atoms with Gasteiger partial charge in [-0.1, -0.05) is 48.5 Å². The molecule has 2 nitrogen and oxygen atoms in total. The van der Waals surface area contributed by atoms with Gasteiger partial charge in [-0.15, -0.1) is 0 Å². The Kier molecular flexibility index (Phi) is 2.53. The lowest BCUT2D eigenvalue weighted by atomic mass is 9.90. The number of carbonyl (C=O) groups excluding carboxylic acids is 1. The number of benzene rings is 2. The van der Waals surface area contributed by atoms with Crippen LogP contribution in [0.15, 0.2) is 48.5 Å². The van der Waals surface area contributed by atoms with Crippen LogP contribution in [0.2, 0.25) is 0 Å². The topological polar surface area (TPSA) is 43.1 Å². The number of fused-ring (bicyclic) bond motifs is 3. The van der Waals surface area contributed by atoms with Gasteiger partial charge in [0.2, 0.25) is 0 Å². The summed E-state index contributed by atoms with van der Waals surface area (Å²) in [6.45, 7) is 1.76. The Labute approximate surface area is 106 Å². The van der Waals surface area contributed by atoms with Crippen molar-refractivity contribution in [3.8, 4) is 11.1 Å². The Hall–Kier alpha value is -1.93. The Balaban J connectivity index is 2.24. The molecular weight excluding hydrogens is 222 g/mol. The molecule has 2 heteroatoms. The summed E-state index contributed by atoms with van der Waals surface area (Å²) in [7, 11) is 0. The van der Waals surface area contributed by atoms with E-state index >= 15 is 0 Å². The molecule has 90 valence electrons.